The number of nitrogens with one attached hydrogen (secondary N) is 1. The Bertz CT molecular complexity index is 3720. The first-order valence-electron chi connectivity index (χ1n) is 33.4. The minimum atomic E-state index is -5.16. The van der Waals surface area contributed by atoms with E-state index in [0.29, 0.717) is 126 Å². The van der Waals surface area contributed by atoms with Crippen LogP contribution >= 0.6 is 0 Å². The minimum Gasteiger partial charge on any atom is -0.465 e. The smallest absolute Gasteiger partial charge is 0.416 e. The van der Waals surface area contributed by atoms with Crippen molar-refractivity contribution in [2.75, 3.05) is 117 Å². The van der Waals surface area contributed by atoms with E-state index in [1.54, 1.807) is 37.0 Å². The lowest BCUT2D eigenvalue weighted by Crippen LogP contribution is -2.50. The number of likely N-dealkylation sites (N-methyl/N-ethyl adjacent to an activating group) is 2. The van der Waals surface area contributed by atoms with Gasteiger partial charge in [0, 0.05) is 108 Å². The van der Waals surface area contributed by atoms with Gasteiger partial charge in [0.05, 0.1) is 35.0 Å². The highest BCUT2D eigenvalue weighted by Gasteiger charge is 2.50. The molecular weight excluding hydrogens is 1280 g/mol. The minimum absolute atomic E-state index is 0.0371. The van der Waals surface area contributed by atoms with Gasteiger partial charge < -0.3 is 49.3 Å². The number of hydrogen-bond acceptors (Lipinski definition) is 10. The highest BCUT2D eigenvalue weighted by molar-refractivity contribution is 5.96. The summed E-state index contributed by atoms with van der Waals surface area (Å²) in [4.78, 5) is 78.3. The van der Waals surface area contributed by atoms with E-state index in [2.05, 4.69) is 27.2 Å². The summed E-state index contributed by atoms with van der Waals surface area (Å²) in [6.45, 7) is 4.47. The molecule has 0 unspecified atom stereocenters. The van der Waals surface area contributed by atoms with Gasteiger partial charge in [0.1, 0.15) is 30.6 Å². The first-order chi connectivity index (χ1) is 46.8. The predicted octanol–water partition coefficient (Wildman–Crippen LogP) is 13.1. The second kappa shape index (κ2) is 31.6. The molecule has 3 fully saturated rings. The molecule has 3 heterocycles. The fourth-order valence-corrected chi connectivity index (χ4v) is 14.2. The molecule has 5 amide bonds. The van der Waals surface area contributed by atoms with E-state index in [1.807, 2.05) is 66.7 Å². The molecule has 10 rings (SSSR count). The van der Waals surface area contributed by atoms with Gasteiger partial charge in [-0.05, 0) is 148 Å². The van der Waals surface area contributed by atoms with E-state index in [1.165, 1.54) is 46.2 Å². The number of anilines is 2. The van der Waals surface area contributed by atoms with Gasteiger partial charge >= 0.3 is 18.4 Å². The largest absolute Gasteiger partial charge is 0.465 e. The molecule has 98 heavy (non-hydrogen) atoms. The molecule has 16 nitrogen and oxygen atoms in total. The summed E-state index contributed by atoms with van der Waals surface area (Å²) in [6, 6.07) is 35.8. The Morgan fingerprint density at radius 2 is 1.32 bits per heavy atom. The Labute approximate surface area is 566 Å². The SMILES string of the molecule is CN(CCN1CCC(N(C(=O)O)c2ccccc2-c2ccccc2)CC1)C(=O)CCCCCNc1ccc(C(=O)N(C)CCCN(C)C(=O)CO[C@H]2Cc3ccccc3C23CCN(CC[C@@]2(c4ccc(F)cc4)CN(C(=O)c4cc(C(F)(F)F)cc(C(F)(F)F)c4)CO2)CC3)c(F)c1. The number of amides is 5. The Hall–Kier alpha value is -8.45. The lowest BCUT2D eigenvalue weighted by atomic mass is 9.72. The number of nitrogens with zero attached hydrogens (tertiary/aromatic N) is 7. The Morgan fingerprint density at radius 3 is 2.00 bits per heavy atom. The average Bonchev–Trinajstić information content (AvgIpc) is 1.59. The fraction of sp³-hybridized carbons (Fsp3) is 0.446. The number of hydrogen-bond donors (Lipinski definition) is 2. The Kier molecular flexibility index (Phi) is 23.3. The topological polar surface area (TPSA) is 159 Å². The molecule has 3 aliphatic heterocycles. The molecule has 0 bridgehead atoms. The molecule has 1 spiro atoms. The number of unbranched alkanes of at least 4 members (excludes halogenated alkanes) is 2. The summed E-state index contributed by atoms with van der Waals surface area (Å²) in [5.74, 6) is -3.01. The van der Waals surface area contributed by atoms with Gasteiger partial charge in [-0.1, -0.05) is 91.3 Å². The lowest BCUT2D eigenvalue weighted by Gasteiger charge is -2.44. The summed E-state index contributed by atoms with van der Waals surface area (Å²) < 4.78 is 125. The standard InChI is InChI=1S/C74H84F8N8O8/c1-84(34-14-35-86(3)69(94)61-27-26-58(47-63(61)76)83-33-13-5-8-21-66(91)85(2)41-42-87-36-28-59(29-37-87)90(70(95)96)64-20-12-10-18-60(64)51-15-6-4-7-16-51)67(92)48-97-65-45-52-17-9-11-19-62(52)71(65)30-38-88(39-31-71)40-32-72(54-22-24-57(75)25-23-54)49-89(50-98-72)68(93)53-43-55(73(77,78)79)46-56(44-53)74(80,81)82/h4,6-7,9-12,15-20,22-27,43-44,46-47,59,65,83H,5,8,13-14,21,28-42,45,48-50H2,1-3H3,(H,95,96)/t65-,72-/m0/s1. The van der Waals surface area contributed by atoms with Crippen LogP contribution in [0.2, 0.25) is 0 Å². The third-order valence-electron chi connectivity index (χ3n) is 19.9. The lowest BCUT2D eigenvalue weighted by molar-refractivity contribution is -0.143. The van der Waals surface area contributed by atoms with Crippen LogP contribution in [0.4, 0.5) is 51.3 Å². The number of carbonyl (C=O) groups is 5. The summed E-state index contributed by atoms with van der Waals surface area (Å²) >= 11 is 0. The van der Waals surface area contributed by atoms with Gasteiger partial charge in [0.2, 0.25) is 11.8 Å². The number of carbonyl (C=O) groups excluding carboxylic acids is 4. The highest BCUT2D eigenvalue weighted by atomic mass is 19.4. The van der Waals surface area contributed by atoms with Gasteiger partial charge in [-0.15, -0.1) is 0 Å². The number of likely N-dealkylation sites (tertiary alicyclic amines) is 2. The number of alkyl halides is 6. The number of piperidine rings is 2. The van der Waals surface area contributed by atoms with Crippen molar-refractivity contribution in [2.24, 2.45) is 0 Å². The zero-order valence-corrected chi connectivity index (χ0v) is 55.4. The van der Waals surface area contributed by atoms with Crippen LogP contribution in [0, 0.1) is 11.6 Å². The van der Waals surface area contributed by atoms with Gasteiger partial charge in [-0.2, -0.15) is 26.3 Å². The highest BCUT2D eigenvalue weighted by Crippen LogP contribution is 2.49. The van der Waals surface area contributed by atoms with Crippen molar-refractivity contribution >= 4 is 41.1 Å². The molecule has 4 aliphatic rings. The van der Waals surface area contributed by atoms with E-state index in [-0.39, 0.29) is 61.7 Å². The Morgan fingerprint density at radius 1 is 0.673 bits per heavy atom. The zero-order chi connectivity index (χ0) is 69.9. The number of benzene rings is 6. The molecular formula is C74H84F8N8O8. The van der Waals surface area contributed by atoms with Crippen LogP contribution in [0.15, 0.2) is 140 Å². The molecule has 3 saturated heterocycles. The van der Waals surface area contributed by atoms with E-state index >= 15 is 4.39 Å². The predicted molar refractivity (Wildman–Crippen MR) is 355 cm³/mol. The van der Waals surface area contributed by atoms with Crippen molar-refractivity contribution in [1.82, 2.24) is 29.4 Å². The number of rotatable bonds is 26. The fourth-order valence-electron chi connectivity index (χ4n) is 14.2. The number of para-hydroxylation sites is 1. The van der Waals surface area contributed by atoms with Crippen LogP contribution in [0.3, 0.4) is 0 Å². The molecule has 2 N–H and O–H groups in total. The van der Waals surface area contributed by atoms with Crippen molar-refractivity contribution in [2.45, 2.75) is 106 Å². The maximum atomic E-state index is 15.5. The quantitative estimate of drug-likeness (QED) is 0.0393. The molecule has 6 aromatic carbocycles. The zero-order valence-electron chi connectivity index (χ0n) is 55.4. The van der Waals surface area contributed by atoms with Crippen molar-refractivity contribution in [3.8, 4) is 11.1 Å². The molecule has 24 heteroatoms. The van der Waals surface area contributed by atoms with Crippen molar-refractivity contribution in [3.63, 3.8) is 0 Å². The van der Waals surface area contributed by atoms with E-state index in [9.17, 15) is 59.8 Å². The first kappa shape index (κ1) is 72.3. The third-order valence-corrected chi connectivity index (χ3v) is 19.9. The number of carboxylic acid groups (broad SMARTS) is 1. The molecule has 6 aromatic rings. The maximum absolute atomic E-state index is 15.5. The van der Waals surface area contributed by atoms with Crippen LogP contribution < -0.4 is 10.2 Å². The van der Waals surface area contributed by atoms with Crippen molar-refractivity contribution in [3.05, 3.63) is 190 Å². The van der Waals surface area contributed by atoms with E-state index in [0.717, 1.165) is 53.1 Å². The monoisotopic (exact) mass is 1360 g/mol. The molecule has 1 aliphatic carbocycles. The first-order valence-corrected chi connectivity index (χ1v) is 33.4. The normalized spacial score (nSPS) is 18.2. The van der Waals surface area contributed by atoms with E-state index < -0.39 is 76.3 Å². The third kappa shape index (κ3) is 17.3. The molecule has 0 aromatic heterocycles. The molecule has 524 valence electrons. The molecule has 0 saturated carbocycles. The second-order valence-corrected chi connectivity index (χ2v) is 26.2. The van der Waals surface area contributed by atoms with Crippen molar-refractivity contribution < 1.29 is 73.7 Å². The molecule has 0 radical (unpaired) electrons. The van der Waals surface area contributed by atoms with Gasteiger partial charge in [-0.3, -0.25) is 24.1 Å². The maximum Gasteiger partial charge on any atom is 0.416 e. The van der Waals surface area contributed by atoms with Crippen LogP contribution in [0.25, 0.3) is 11.1 Å². The van der Waals surface area contributed by atoms with Gasteiger partial charge in [-0.25, -0.2) is 13.6 Å². The summed E-state index contributed by atoms with van der Waals surface area (Å²) in [7, 11) is 5.05. The van der Waals surface area contributed by atoms with E-state index in [4.69, 9.17) is 9.47 Å². The Balaban J connectivity index is 0.623. The number of fused-ring (bicyclic) bond motifs is 2. The van der Waals surface area contributed by atoms with Gasteiger partial charge in [0.25, 0.3) is 11.8 Å². The van der Waals surface area contributed by atoms with Gasteiger partial charge in [0.15, 0.2) is 0 Å². The summed E-state index contributed by atoms with van der Waals surface area (Å²) in [6.07, 6.45) is -5.16. The van der Waals surface area contributed by atoms with Crippen LogP contribution in [-0.4, -0.2) is 183 Å². The summed E-state index contributed by atoms with van der Waals surface area (Å²) in [5, 5.41) is 13.6. The number of halogens is 8. The second-order valence-electron chi connectivity index (χ2n) is 26.2. The van der Waals surface area contributed by atoms with Crippen LogP contribution in [0.5, 0.6) is 0 Å². The average molecular weight is 1370 g/mol. The van der Waals surface area contributed by atoms with Crippen molar-refractivity contribution in [1.29, 1.82) is 0 Å². The van der Waals surface area contributed by atoms with Crippen LogP contribution in [0.1, 0.15) is 113 Å². The molecule has 2 atom stereocenters. The number of ether oxygens (including phenoxy) is 2. The van der Waals surface area contributed by atoms with Crippen LogP contribution in [-0.2, 0) is 48.9 Å². The summed E-state index contributed by atoms with van der Waals surface area (Å²) in [5.41, 5.74) is -0.0949.